The van der Waals surface area contributed by atoms with Crippen LogP contribution < -0.4 is 11.5 Å². The topological polar surface area (TPSA) is 167 Å². The number of hydrogen-bond acceptors (Lipinski definition) is 6. The molecule has 0 aliphatic heterocycles. The first-order valence-electron chi connectivity index (χ1n) is 7.86. The Morgan fingerprint density at radius 1 is 0.607 bits per heavy atom. The van der Waals surface area contributed by atoms with Gasteiger partial charge in [-0.3, -0.25) is 0 Å². The maximum absolute atomic E-state index is 10.6. The SMILES string of the molecule is Nc1cc(N)c(C(=O)O)cc1C(=O)O.Oc1ccccc1.Oc1ccccc1. The highest BCUT2D eigenvalue weighted by molar-refractivity contribution is 6.01. The summed E-state index contributed by atoms with van der Waals surface area (Å²) in [5.74, 6) is -1.93. The molecule has 0 bridgehead atoms. The molecule has 0 aromatic heterocycles. The van der Waals surface area contributed by atoms with E-state index < -0.39 is 11.9 Å². The van der Waals surface area contributed by atoms with Gasteiger partial charge in [-0.15, -0.1) is 0 Å². The third-order valence-electron chi connectivity index (χ3n) is 3.19. The van der Waals surface area contributed by atoms with Gasteiger partial charge in [0.25, 0.3) is 0 Å². The first-order valence-corrected chi connectivity index (χ1v) is 7.86. The summed E-state index contributed by atoms with van der Waals surface area (Å²) < 4.78 is 0. The summed E-state index contributed by atoms with van der Waals surface area (Å²) in [6.45, 7) is 0. The molecule has 0 atom stereocenters. The molecule has 0 aliphatic carbocycles. The first kappa shape index (κ1) is 21.8. The van der Waals surface area contributed by atoms with Crippen molar-refractivity contribution in [2.24, 2.45) is 0 Å². The Kier molecular flexibility index (Phi) is 8.36. The highest BCUT2D eigenvalue weighted by atomic mass is 16.4. The van der Waals surface area contributed by atoms with E-state index in [9.17, 15) is 9.59 Å². The predicted octanol–water partition coefficient (Wildman–Crippen LogP) is 3.03. The lowest BCUT2D eigenvalue weighted by Crippen LogP contribution is -2.09. The summed E-state index contributed by atoms with van der Waals surface area (Å²) in [7, 11) is 0. The highest BCUT2D eigenvalue weighted by Crippen LogP contribution is 2.21. The van der Waals surface area contributed by atoms with Crippen molar-refractivity contribution in [1.29, 1.82) is 0 Å². The average molecular weight is 384 g/mol. The number of rotatable bonds is 2. The number of carboxylic acids is 2. The molecule has 28 heavy (non-hydrogen) atoms. The van der Waals surface area contributed by atoms with Crippen molar-refractivity contribution >= 4 is 23.3 Å². The van der Waals surface area contributed by atoms with Crippen LogP contribution in [0, 0.1) is 0 Å². The van der Waals surface area contributed by atoms with E-state index in [4.69, 9.17) is 31.9 Å². The van der Waals surface area contributed by atoms with Gasteiger partial charge in [0, 0.05) is 11.4 Å². The number of nitrogen functional groups attached to an aromatic ring is 2. The molecule has 0 heterocycles. The van der Waals surface area contributed by atoms with Gasteiger partial charge in [0.2, 0.25) is 0 Å². The van der Waals surface area contributed by atoms with Crippen LogP contribution in [0.4, 0.5) is 11.4 Å². The lowest BCUT2D eigenvalue weighted by molar-refractivity contribution is 0.0696. The van der Waals surface area contributed by atoms with Crippen molar-refractivity contribution < 1.29 is 30.0 Å². The largest absolute Gasteiger partial charge is 0.508 e. The molecule has 0 unspecified atom stereocenters. The molecular weight excluding hydrogens is 364 g/mol. The van der Waals surface area contributed by atoms with Gasteiger partial charge >= 0.3 is 11.9 Å². The van der Waals surface area contributed by atoms with Crippen LogP contribution in [0.3, 0.4) is 0 Å². The van der Waals surface area contributed by atoms with Crippen molar-refractivity contribution in [2.45, 2.75) is 0 Å². The Balaban J connectivity index is 0.000000233. The summed E-state index contributed by atoms with van der Waals surface area (Å²) in [6.07, 6.45) is 0. The predicted molar refractivity (Wildman–Crippen MR) is 105 cm³/mol. The number of carboxylic acid groups (broad SMARTS) is 2. The van der Waals surface area contributed by atoms with Crippen LogP contribution in [0.2, 0.25) is 0 Å². The first-order chi connectivity index (χ1) is 13.2. The number of para-hydroxylation sites is 2. The Labute approximate surface area is 160 Å². The monoisotopic (exact) mass is 384 g/mol. The number of carbonyl (C=O) groups is 2. The van der Waals surface area contributed by atoms with Gasteiger partial charge in [0.1, 0.15) is 11.5 Å². The minimum absolute atomic E-state index is 0.0556. The van der Waals surface area contributed by atoms with Crippen LogP contribution in [0.25, 0.3) is 0 Å². The highest BCUT2D eigenvalue weighted by Gasteiger charge is 2.15. The number of phenolic OH excluding ortho intramolecular Hbond substituents is 2. The number of nitrogens with two attached hydrogens (primary N) is 2. The molecule has 0 aliphatic rings. The molecule has 3 aromatic rings. The minimum atomic E-state index is -1.29. The number of aromatic hydroxyl groups is 2. The van der Waals surface area contributed by atoms with E-state index >= 15 is 0 Å². The maximum atomic E-state index is 10.6. The Hall–Kier alpha value is -4.20. The Bertz CT molecular complexity index is 842. The second-order valence-electron chi connectivity index (χ2n) is 5.31. The number of hydrogen-bond donors (Lipinski definition) is 6. The Morgan fingerprint density at radius 3 is 1.14 bits per heavy atom. The van der Waals surface area contributed by atoms with Gasteiger partial charge < -0.3 is 31.9 Å². The molecule has 3 aromatic carbocycles. The molecule has 0 spiro atoms. The van der Waals surface area contributed by atoms with Crippen LogP contribution in [0.5, 0.6) is 11.5 Å². The molecule has 3 rings (SSSR count). The molecular formula is C20H20N2O6. The lowest BCUT2D eigenvalue weighted by atomic mass is 10.1. The van der Waals surface area contributed by atoms with Gasteiger partial charge in [-0.2, -0.15) is 0 Å². The molecule has 0 radical (unpaired) electrons. The average Bonchev–Trinajstić information content (AvgIpc) is 2.63. The van der Waals surface area contributed by atoms with Gasteiger partial charge in [-0.1, -0.05) is 36.4 Å². The number of benzene rings is 3. The summed E-state index contributed by atoms with van der Waals surface area (Å²) in [6, 6.07) is 19.5. The van der Waals surface area contributed by atoms with Crippen LogP contribution in [0.15, 0.2) is 72.8 Å². The molecule has 0 amide bonds. The van der Waals surface area contributed by atoms with Gasteiger partial charge in [0.05, 0.1) is 11.1 Å². The summed E-state index contributed by atoms with van der Waals surface area (Å²) in [4.78, 5) is 21.2. The zero-order chi connectivity index (χ0) is 21.1. The summed E-state index contributed by atoms with van der Waals surface area (Å²) in [5.41, 5.74) is 10.0. The minimum Gasteiger partial charge on any atom is -0.508 e. The summed E-state index contributed by atoms with van der Waals surface area (Å²) >= 11 is 0. The fourth-order valence-corrected chi connectivity index (χ4v) is 1.86. The number of aromatic carboxylic acids is 2. The van der Waals surface area contributed by atoms with E-state index in [0.29, 0.717) is 11.5 Å². The van der Waals surface area contributed by atoms with Crippen molar-refractivity contribution in [1.82, 2.24) is 0 Å². The Morgan fingerprint density at radius 2 is 0.929 bits per heavy atom. The second-order valence-corrected chi connectivity index (χ2v) is 5.31. The van der Waals surface area contributed by atoms with Crippen molar-refractivity contribution in [3.05, 3.63) is 83.9 Å². The normalized spacial score (nSPS) is 9.14. The molecule has 8 heteroatoms. The molecule has 0 saturated carbocycles. The smallest absolute Gasteiger partial charge is 0.337 e. The van der Waals surface area contributed by atoms with Gasteiger partial charge in [-0.05, 0) is 36.4 Å². The molecule has 8 nitrogen and oxygen atoms in total. The molecule has 8 N–H and O–H groups in total. The quantitative estimate of drug-likeness (QED) is 0.366. The zero-order valence-electron chi connectivity index (χ0n) is 14.7. The molecule has 146 valence electrons. The molecule has 0 saturated heterocycles. The van der Waals surface area contributed by atoms with Gasteiger partial charge in [-0.25, -0.2) is 9.59 Å². The standard InChI is InChI=1S/C8H8N2O4.2C6H6O/c9-5-2-6(10)4(8(13)14)1-3(5)7(11)12;2*7-6-4-2-1-3-5-6/h1-2H,9-10H2,(H,11,12)(H,13,14);2*1-5,7H. The second kappa shape index (κ2) is 10.7. The van der Waals surface area contributed by atoms with Crippen LogP contribution >= 0.6 is 0 Å². The van der Waals surface area contributed by atoms with Crippen molar-refractivity contribution in [3.63, 3.8) is 0 Å². The van der Waals surface area contributed by atoms with E-state index in [0.717, 1.165) is 12.1 Å². The maximum Gasteiger partial charge on any atom is 0.337 e. The van der Waals surface area contributed by atoms with Crippen LogP contribution in [-0.2, 0) is 0 Å². The number of phenols is 2. The summed E-state index contributed by atoms with van der Waals surface area (Å²) in [5, 5.41) is 34.6. The van der Waals surface area contributed by atoms with E-state index in [2.05, 4.69) is 0 Å². The lowest BCUT2D eigenvalue weighted by Gasteiger charge is -2.05. The number of anilines is 2. The van der Waals surface area contributed by atoms with Crippen molar-refractivity contribution in [2.75, 3.05) is 11.5 Å². The van der Waals surface area contributed by atoms with Gasteiger partial charge in [0.15, 0.2) is 0 Å². The zero-order valence-corrected chi connectivity index (χ0v) is 14.7. The van der Waals surface area contributed by atoms with E-state index in [1.165, 1.54) is 0 Å². The fourth-order valence-electron chi connectivity index (χ4n) is 1.86. The van der Waals surface area contributed by atoms with E-state index in [1.54, 1.807) is 48.5 Å². The van der Waals surface area contributed by atoms with Crippen LogP contribution in [0.1, 0.15) is 20.7 Å². The molecule has 0 fully saturated rings. The van der Waals surface area contributed by atoms with Crippen molar-refractivity contribution in [3.8, 4) is 11.5 Å². The van der Waals surface area contributed by atoms with E-state index in [-0.39, 0.29) is 22.5 Å². The van der Waals surface area contributed by atoms with Crippen LogP contribution in [-0.4, -0.2) is 32.4 Å². The van der Waals surface area contributed by atoms with E-state index in [1.807, 2.05) is 12.1 Å². The third-order valence-corrected chi connectivity index (χ3v) is 3.19. The fraction of sp³-hybridized carbons (Fsp3) is 0. The third kappa shape index (κ3) is 7.36.